The molecule has 0 aromatic rings. The van der Waals surface area contributed by atoms with Gasteiger partial charge in [-0.2, -0.15) is 12.6 Å². The van der Waals surface area contributed by atoms with Crippen molar-refractivity contribution in [3.05, 3.63) is 0 Å². The molecule has 0 aromatic heterocycles. The molecule has 1 saturated carbocycles. The molecule has 0 aromatic carbocycles. The molecule has 84 valence electrons. The van der Waals surface area contributed by atoms with Crippen LogP contribution in [0.5, 0.6) is 0 Å². The van der Waals surface area contributed by atoms with E-state index in [9.17, 15) is 0 Å². The lowest BCUT2D eigenvalue weighted by Crippen LogP contribution is -2.36. The minimum atomic E-state index is 0.534. The summed E-state index contributed by atoms with van der Waals surface area (Å²) in [6.45, 7) is 7.04. The Kier molecular flexibility index (Phi) is 4.78. The van der Waals surface area contributed by atoms with Crippen LogP contribution in [-0.4, -0.2) is 30.8 Å². The Morgan fingerprint density at radius 2 is 1.86 bits per heavy atom. The van der Waals surface area contributed by atoms with Crippen molar-refractivity contribution in [2.24, 2.45) is 11.3 Å². The first kappa shape index (κ1) is 12.4. The van der Waals surface area contributed by atoms with Crippen molar-refractivity contribution in [1.29, 1.82) is 0 Å². The molecule has 0 N–H and O–H groups in total. The molecule has 0 heterocycles. The summed E-state index contributed by atoms with van der Waals surface area (Å²) < 4.78 is 0. The van der Waals surface area contributed by atoms with Crippen LogP contribution in [0.15, 0.2) is 0 Å². The van der Waals surface area contributed by atoms with Crippen LogP contribution in [0.2, 0.25) is 0 Å². The number of rotatable bonds is 5. The molecule has 0 radical (unpaired) electrons. The Hall–Kier alpha value is 0.310. The lowest BCUT2D eigenvalue weighted by Gasteiger charge is -2.33. The van der Waals surface area contributed by atoms with E-state index in [1.54, 1.807) is 0 Å². The van der Waals surface area contributed by atoms with Gasteiger partial charge in [0.25, 0.3) is 0 Å². The van der Waals surface area contributed by atoms with Gasteiger partial charge in [-0.15, -0.1) is 0 Å². The van der Waals surface area contributed by atoms with Gasteiger partial charge in [0.2, 0.25) is 0 Å². The van der Waals surface area contributed by atoms with E-state index in [2.05, 4.69) is 38.4 Å². The van der Waals surface area contributed by atoms with Gasteiger partial charge in [0.1, 0.15) is 0 Å². The zero-order chi connectivity index (χ0) is 10.6. The van der Waals surface area contributed by atoms with Crippen LogP contribution in [0.1, 0.15) is 39.5 Å². The standard InChI is InChI=1S/C12H25NS/c1-11(2)8-13(3)9-12(10-14)6-4-5-7-12/h11,14H,4-10H2,1-3H3. The van der Waals surface area contributed by atoms with Crippen LogP contribution in [-0.2, 0) is 0 Å². The topological polar surface area (TPSA) is 3.24 Å². The summed E-state index contributed by atoms with van der Waals surface area (Å²) in [4.78, 5) is 2.49. The first-order chi connectivity index (χ1) is 6.58. The second-order valence-corrected chi connectivity index (χ2v) is 5.77. The van der Waals surface area contributed by atoms with Crippen molar-refractivity contribution in [3.8, 4) is 0 Å². The molecule has 0 unspecified atom stereocenters. The molecule has 0 bridgehead atoms. The van der Waals surface area contributed by atoms with Crippen LogP contribution >= 0.6 is 12.6 Å². The van der Waals surface area contributed by atoms with Crippen LogP contribution in [0.25, 0.3) is 0 Å². The summed E-state index contributed by atoms with van der Waals surface area (Å²) >= 11 is 4.54. The smallest absolute Gasteiger partial charge is 0.00429 e. The van der Waals surface area contributed by atoms with E-state index < -0.39 is 0 Å². The van der Waals surface area contributed by atoms with Gasteiger partial charge < -0.3 is 4.90 Å². The number of hydrogen-bond acceptors (Lipinski definition) is 2. The molecule has 1 aliphatic carbocycles. The van der Waals surface area contributed by atoms with Gasteiger partial charge in [-0.3, -0.25) is 0 Å². The molecule has 1 fully saturated rings. The summed E-state index contributed by atoms with van der Waals surface area (Å²) in [5, 5.41) is 0. The molecule has 0 aliphatic heterocycles. The van der Waals surface area contributed by atoms with Gasteiger partial charge in [-0.1, -0.05) is 26.7 Å². The van der Waals surface area contributed by atoms with Crippen molar-refractivity contribution in [1.82, 2.24) is 4.90 Å². The predicted molar refractivity (Wildman–Crippen MR) is 67.1 cm³/mol. The quantitative estimate of drug-likeness (QED) is 0.690. The summed E-state index contributed by atoms with van der Waals surface area (Å²) in [7, 11) is 2.25. The zero-order valence-electron chi connectivity index (χ0n) is 9.92. The van der Waals surface area contributed by atoms with Gasteiger partial charge in [0, 0.05) is 13.1 Å². The third kappa shape index (κ3) is 3.47. The fraction of sp³-hybridized carbons (Fsp3) is 1.00. The van der Waals surface area contributed by atoms with Crippen LogP contribution in [0, 0.1) is 11.3 Å². The van der Waals surface area contributed by atoms with Crippen molar-refractivity contribution < 1.29 is 0 Å². The minimum Gasteiger partial charge on any atom is -0.306 e. The maximum Gasteiger partial charge on any atom is 0.00429 e. The average Bonchev–Trinajstić information content (AvgIpc) is 2.52. The lowest BCUT2D eigenvalue weighted by atomic mass is 9.88. The Bertz CT molecular complexity index is 162. The fourth-order valence-electron chi connectivity index (χ4n) is 2.75. The molecule has 1 nitrogen and oxygen atoms in total. The highest BCUT2D eigenvalue weighted by Crippen LogP contribution is 2.39. The van der Waals surface area contributed by atoms with Gasteiger partial charge >= 0.3 is 0 Å². The molecule has 0 spiro atoms. The second-order valence-electron chi connectivity index (χ2n) is 5.46. The Morgan fingerprint density at radius 3 is 2.29 bits per heavy atom. The Labute approximate surface area is 94.7 Å². The number of hydrogen-bond donors (Lipinski definition) is 1. The van der Waals surface area contributed by atoms with E-state index in [-0.39, 0.29) is 0 Å². The summed E-state index contributed by atoms with van der Waals surface area (Å²) in [6.07, 6.45) is 5.60. The first-order valence-corrected chi connectivity index (χ1v) is 6.51. The SMILES string of the molecule is CC(C)CN(C)CC1(CS)CCCC1. The maximum atomic E-state index is 4.54. The third-order valence-corrected chi connectivity index (χ3v) is 3.95. The van der Waals surface area contributed by atoms with Crippen LogP contribution < -0.4 is 0 Å². The Morgan fingerprint density at radius 1 is 1.29 bits per heavy atom. The average molecular weight is 215 g/mol. The Balaban J connectivity index is 2.39. The van der Waals surface area contributed by atoms with Gasteiger partial charge in [-0.25, -0.2) is 0 Å². The molecule has 1 rings (SSSR count). The maximum absolute atomic E-state index is 4.54. The highest BCUT2D eigenvalue weighted by Gasteiger charge is 2.33. The van der Waals surface area contributed by atoms with Gasteiger partial charge in [-0.05, 0) is 37.0 Å². The molecular weight excluding hydrogens is 190 g/mol. The predicted octanol–water partition coefficient (Wildman–Crippen LogP) is 3.06. The molecule has 0 amide bonds. The number of nitrogens with zero attached hydrogens (tertiary/aromatic N) is 1. The molecule has 2 heteroatoms. The fourth-order valence-corrected chi connectivity index (χ4v) is 3.17. The van der Waals surface area contributed by atoms with Gasteiger partial charge in [0.05, 0.1) is 0 Å². The minimum absolute atomic E-state index is 0.534. The van der Waals surface area contributed by atoms with Crippen molar-refractivity contribution in [2.45, 2.75) is 39.5 Å². The monoisotopic (exact) mass is 215 g/mol. The molecule has 1 aliphatic rings. The van der Waals surface area contributed by atoms with E-state index in [1.807, 2.05) is 0 Å². The normalized spacial score (nSPS) is 21.0. The summed E-state index contributed by atoms with van der Waals surface area (Å²) in [6, 6.07) is 0. The van der Waals surface area contributed by atoms with E-state index in [0.717, 1.165) is 11.7 Å². The largest absolute Gasteiger partial charge is 0.306 e. The molecule has 14 heavy (non-hydrogen) atoms. The molecule has 0 saturated heterocycles. The van der Waals surface area contributed by atoms with Crippen molar-refractivity contribution in [3.63, 3.8) is 0 Å². The second kappa shape index (κ2) is 5.41. The number of thiol groups is 1. The summed E-state index contributed by atoms with van der Waals surface area (Å²) in [5.74, 6) is 1.84. The van der Waals surface area contributed by atoms with E-state index in [4.69, 9.17) is 0 Å². The molecular formula is C12H25NS. The van der Waals surface area contributed by atoms with E-state index in [1.165, 1.54) is 38.8 Å². The van der Waals surface area contributed by atoms with E-state index >= 15 is 0 Å². The van der Waals surface area contributed by atoms with Crippen molar-refractivity contribution in [2.75, 3.05) is 25.9 Å². The first-order valence-electron chi connectivity index (χ1n) is 5.87. The lowest BCUT2D eigenvalue weighted by molar-refractivity contribution is 0.187. The van der Waals surface area contributed by atoms with Gasteiger partial charge in [0.15, 0.2) is 0 Å². The van der Waals surface area contributed by atoms with Crippen molar-refractivity contribution >= 4 is 12.6 Å². The third-order valence-electron chi connectivity index (χ3n) is 3.28. The van der Waals surface area contributed by atoms with Crippen LogP contribution in [0.3, 0.4) is 0 Å². The van der Waals surface area contributed by atoms with E-state index in [0.29, 0.717) is 5.41 Å². The molecule has 0 atom stereocenters. The van der Waals surface area contributed by atoms with Crippen LogP contribution in [0.4, 0.5) is 0 Å². The summed E-state index contributed by atoms with van der Waals surface area (Å²) in [5.41, 5.74) is 0.534. The highest BCUT2D eigenvalue weighted by molar-refractivity contribution is 7.80. The highest BCUT2D eigenvalue weighted by atomic mass is 32.1. The zero-order valence-corrected chi connectivity index (χ0v) is 10.8.